The molecule has 4 N–H and O–H groups in total. The fourth-order valence-corrected chi connectivity index (χ4v) is 2.58. The molecule has 5 nitrogen and oxygen atoms in total. The van der Waals surface area contributed by atoms with Crippen molar-refractivity contribution in [2.24, 2.45) is 5.73 Å². The van der Waals surface area contributed by atoms with E-state index in [4.69, 9.17) is 33.7 Å². The van der Waals surface area contributed by atoms with Crippen molar-refractivity contribution in [1.29, 1.82) is 0 Å². The summed E-state index contributed by atoms with van der Waals surface area (Å²) in [7, 11) is 0. The molecule has 1 aliphatic rings. The van der Waals surface area contributed by atoms with E-state index in [0.29, 0.717) is 29.6 Å². The van der Waals surface area contributed by atoms with Gasteiger partial charge < -0.3 is 21.1 Å². The molecule has 1 aliphatic heterocycles. The molecule has 1 heterocycles. The van der Waals surface area contributed by atoms with Crippen molar-refractivity contribution in [3.8, 4) is 0 Å². The number of primary amides is 1. The molecule has 0 bridgehead atoms. The summed E-state index contributed by atoms with van der Waals surface area (Å²) in [6, 6.07) is 4.79. The molecule has 0 aromatic heterocycles. The standard InChI is InChI=1S/C13H17Cl2N3O2/c14-10-2-1-9(7-11(10)15)13(8-18-12(16)19)3-4-17-5-6-20-13/h1-2,7,17H,3-6,8H2,(H3,16,18,19)/t13-/m1/s1. The van der Waals surface area contributed by atoms with Gasteiger partial charge >= 0.3 is 6.03 Å². The van der Waals surface area contributed by atoms with Crippen molar-refractivity contribution in [3.05, 3.63) is 33.8 Å². The highest BCUT2D eigenvalue weighted by Gasteiger charge is 2.35. The third kappa shape index (κ3) is 3.55. The van der Waals surface area contributed by atoms with Crippen LogP contribution in [0.4, 0.5) is 4.79 Å². The van der Waals surface area contributed by atoms with Crippen LogP contribution in [-0.4, -0.2) is 32.3 Å². The van der Waals surface area contributed by atoms with Gasteiger partial charge in [-0.05, 0) is 30.7 Å². The maximum Gasteiger partial charge on any atom is 0.312 e. The van der Waals surface area contributed by atoms with Gasteiger partial charge in [0, 0.05) is 6.54 Å². The maximum atomic E-state index is 11.0. The fourth-order valence-electron chi connectivity index (χ4n) is 2.28. The molecule has 1 aromatic carbocycles. The van der Waals surface area contributed by atoms with Crippen molar-refractivity contribution in [1.82, 2.24) is 10.6 Å². The Balaban J connectivity index is 2.32. The summed E-state index contributed by atoms with van der Waals surface area (Å²) in [4.78, 5) is 11.0. The van der Waals surface area contributed by atoms with Crippen molar-refractivity contribution in [3.63, 3.8) is 0 Å². The average molecular weight is 318 g/mol. The normalized spacial score (nSPS) is 23.1. The Morgan fingerprint density at radius 2 is 2.20 bits per heavy atom. The minimum atomic E-state index is -0.646. The zero-order valence-electron chi connectivity index (χ0n) is 10.9. The van der Waals surface area contributed by atoms with E-state index in [1.54, 1.807) is 12.1 Å². The molecular formula is C13H17Cl2N3O2. The highest BCUT2D eigenvalue weighted by atomic mass is 35.5. The van der Waals surface area contributed by atoms with Crippen LogP contribution in [0.5, 0.6) is 0 Å². The van der Waals surface area contributed by atoms with E-state index in [0.717, 1.165) is 18.7 Å². The molecule has 0 unspecified atom stereocenters. The van der Waals surface area contributed by atoms with Crippen LogP contribution in [0.1, 0.15) is 12.0 Å². The predicted molar refractivity (Wildman–Crippen MR) is 79.2 cm³/mol. The number of nitrogens with one attached hydrogen (secondary N) is 2. The molecule has 110 valence electrons. The van der Waals surface area contributed by atoms with E-state index in [2.05, 4.69) is 10.6 Å². The lowest BCUT2D eigenvalue weighted by molar-refractivity contribution is -0.0396. The van der Waals surface area contributed by atoms with Gasteiger partial charge in [0.1, 0.15) is 5.60 Å². The minimum Gasteiger partial charge on any atom is -0.367 e. The summed E-state index contributed by atoms with van der Waals surface area (Å²) in [6.07, 6.45) is 0.700. The fraction of sp³-hybridized carbons (Fsp3) is 0.462. The molecule has 0 spiro atoms. The van der Waals surface area contributed by atoms with Gasteiger partial charge in [0.2, 0.25) is 0 Å². The largest absolute Gasteiger partial charge is 0.367 e. The van der Waals surface area contributed by atoms with Crippen LogP contribution in [0.2, 0.25) is 10.0 Å². The lowest BCUT2D eigenvalue weighted by atomic mass is 9.90. The Kier molecular flexibility index (Phi) is 5.10. The molecule has 0 radical (unpaired) electrons. The Hall–Kier alpha value is -1.01. The Morgan fingerprint density at radius 1 is 1.40 bits per heavy atom. The number of ether oxygens (including phenoxy) is 1. The molecule has 1 aromatic rings. The first kappa shape index (κ1) is 15.4. The zero-order chi connectivity index (χ0) is 14.6. The second-order valence-corrected chi connectivity index (χ2v) is 5.50. The summed E-state index contributed by atoms with van der Waals surface area (Å²) in [5, 5.41) is 6.83. The molecule has 1 saturated heterocycles. The number of rotatable bonds is 3. The number of carbonyl (C=O) groups excluding carboxylic acids is 1. The van der Waals surface area contributed by atoms with Gasteiger partial charge in [-0.15, -0.1) is 0 Å². The predicted octanol–water partition coefficient (Wildman–Crippen LogP) is 1.87. The smallest absolute Gasteiger partial charge is 0.312 e. The van der Waals surface area contributed by atoms with Crippen molar-refractivity contribution < 1.29 is 9.53 Å². The Morgan fingerprint density at radius 3 is 2.90 bits per heavy atom. The molecule has 0 aliphatic carbocycles. The van der Waals surface area contributed by atoms with Crippen molar-refractivity contribution in [2.45, 2.75) is 12.0 Å². The van der Waals surface area contributed by atoms with E-state index in [1.165, 1.54) is 0 Å². The lowest BCUT2D eigenvalue weighted by Gasteiger charge is -2.33. The summed E-state index contributed by atoms with van der Waals surface area (Å²) in [5.74, 6) is 0. The topological polar surface area (TPSA) is 76.4 Å². The van der Waals surface area contributed by atoms with Crippen molar-refractivity contribution >= 4 is 29.2 Å². The Labute approximate surface area is 127 Å². The van der Waals surface area contributed by atoms with E-state index in [9.17, 15) is 4.79 Å². The first-order valence-electron chi connectivity index (χ1n) is 6.37. The number of carbonyl (C=O) groups is 1. The van der Waals surface area contributed by atoms with Gasteiger partial charge in [-0.1, -0.05) is 29.3 Å². The number of hydrogen-bond donors (Lipinski definition) is 3. The quantitative estimate of drug-likeness (QED) is 0.796. The first-order chi connectivity index (χ1) is 9.53. The SMILES string of the molecule is NC(=O)NC[C@@]1(c2ccc(Cl)c(Cl)c2)CCNCCO1. The zero-order valence-corrected chi connectivity index (χ0v) is 12.4. The summed E-state index contributed by atoms with van der Waals surface area (Å²) < 4.78 is 5.99. The van der Waals surface area contributed by atoms with Gasteiger partial charge in [0.25, 0.3) is 0 Å². The highest BCUT2D eigenvalue weighted by Crippen LogP contribution is 2.34. The monoisotopic (exact) mass is 317 g/mol. The van der Waals surface area contributed by atoms with Gasteiger partial charge in [-0.2, -0.15) is 0 Å². The van der Waals surface area contributed by atoms with Crippen LogP contribution in [0.25, 0.3) is 0 Å². The summed E-state index contributed by atoms with van der Waals surface area (Å²) >= 11 is 12.0. The second kappa shape index (κ2) is 6.63. The second-order valence-electron chi connectivity index (χ2n) is 4.69. The third-order valence-electron chi connectivity index (χ3n) is 3.36. The number of amides is 2. The number of nitrogens with two attached hydrogens (primary N) is 1. The molecule has 20 heavy (non-hydrogen) atoms. The molecule has 2 amide bonds. The number of benzene rings is 1. The molecule has 2 rings (SSSR count). The van der Waals surface area contributed by atoms with Gasteiger partial charge in [0.15, 0.2) is 0 Å². The van der Waals surface area contributed by atoms with Crippen LogP contribution in [0, 0.1) is 0 Å². The Bertz CT molecular complexity index is 489. The maximum absolute atomic E-state index is 11.0. The summed E-state index contributed by atoms with van der Waals surface area (Å²) in [5.41, 5.74) is 5.40. The van der Waals surface area contributed by atoms with Gasteiger partial charge in [-0.3, -0.25) is 0 Å². The molecule has 1 fully saturated rings. The van der Waals surface area contributed by atoms with Crippen molar-refractivity contribution in [2.75, 3.05) is 26.2 Å². The first-order valence-corrected chi connectivity index (χ1v) is 7.13. The molecule has 1 atom stereocenters. The molecular weight excluding hydrogens is 301 g/mol. The molecule has 0 saturated carbocycles. The van der Waals surface area contributed by atoms with Crippen LogP contribution >= 0.6 is 23.2 Å². The van der Waals surface area contributed by atoms with E-state index in [1.807, 2.05) is 6.07 Å². The number of hydrogen-bond acceptors (Lipinski definition) is 3. The van der Waals surface area contributed by atoms with Crippen LogP contribution < -0.4 is 16.4 Å². The third-order valence-corrected chi connectivity index (χ3v) is 4.10. The summed E-state index contributed by atoms with van der Waals surface area (Å²) in [6.45, 7) is 2.38. The number of urea groups is 1. The minimum absolute atomic E-state index is 0.294. The van der Waals surface area contributed by atoms with E-state index < -0.39 is 11.6 Å². The lowest BCUT2D eigenvalue weighted by Crippen LogP contribution is -2.45. The van der Waals surface area contributed by atoms with E-state index in [-0.39, 0.29) is 0 Å². The van der Waals surface area contributed by atoms with Gasteiger partial charge in [0.05, 0.1) is 23.2 Å². The number of halogens is 2. The van der Waals surface area contributed by atoms with E-state index >= 15 is 0 Å². The van der Waals surface area contributed by atoms with Crippen LogP contribution in [0.3, 0.4) is 0 Å². The highest BCUT2D eigenvalue weighted by molar-refractivity contribution is 6.42. The average Bonchev–Trinajstić information content (AvgIpc) is 2.66. The molecule has 7 heteroatoms. The van der Waals surface area contributed by atoms with Gasteiger partial charge in [-0.25, -0.2) is 4.79 Å². The van der Waals surface area contributed by atoms with Crippen LogP contribution in [0.15, 0.2) is 18.2 Å². The van der Waals surface area contributed by atoms with Crippen LogP contribution in [-0.2, 0) is 10.3 Å².